The van der Waals surface area contributed by atoms with Crippen LogP contribution in [0.15, 0.2) is 24.3 Å². The predicted molar refractivity (Wildman–Crippen MR) is 58.3 cm³/mol. The number of carboxylic acid groups (broad SMARTS) is 1. The molecule has 0 aromatic heterocycles. The zero-order valence-corrected chi connectivity index (χ0v) is 8.98. The predicted octanol–water partition coefficient (Wildman–Crippen LogP) is 0.154. The van der Waals surface area contributed by atoms with E-state index < -0.39 is 27.9 Å². The molecule has 0 radical (unpaired) electrons. The van der Waals surface area contributed by atoms with Crippen LogP contribution in [0.3, 0.4) is 0 Å². The minimum atomic E-state index is -2.64. The Bertz CT molecular complexity index is 484. The number of non-ortho nitro benzene ring substituents is 1. The molecule has 9 nitrogen and oxygen atoms in total. The van der Waals surface area contributed by atoms with E-state index in [4.69, 9.17) is 10.8 Å². The monoisotopic (exact) mass is 255 g/mol. The van der Waals surface area contributed by atoms with Crippen LogP contribution in [0.5, 0.6) is 0 Å². The first-order valence-electron chi connectivity index (χ1n) is 4.67. The lowest BCUT2D eigenvalue weighted by Crippen LogP contribution is -2.56. The average Bonchev–Trinajstić information content (AvgIpc) is 2.29. The first-order valence-corrected chi connectivity index (χ1v) is 4.67. The number of carboxylic acids is 1. The molecule has 3 N–H and O–H groups in total. The van der Waals surface area contributed by atoms with Gasteiger partial charge in [-0.25, -0.2) is 4.79 Å². The highest BCUT2D eigenvalue weighted by atomic mass is 16.6. The van der Waals surface area contributed by atoms with Crippen molar-refractivity contribution < 1.29 is 19.7 Å². The first-order chi connectivity index (χ1) is 8.27. The van der Waals surface area contributed by atoms with Crippen LogP contribution in [0.25, 0.3) is 0 Å². The van der Waals surface area contributed by atoms with Crippen LogP contribution in [0, 0.1) is 20.2 Å². The van der Waals surface area contributed by atoms with Crippen molar-refractivity contribution in [2.75, 3.05) is 0 Å². The Balaban J connectivity index is 2.99. The molecule has 0 spiro atoms. The number of benzene rings is 1. The molecule has 1 unspecified atom stereocenters. The van der Waals surface area contributed by atoms with Crippen molar-refractivity contribution in [2.24, 2.45) is 5.73 Å². The maximum Gasteiger partial charge on any atom is 0.399 e. The lowest BCUT2D eigenvalue weighted by Gasteiger charge is -2.15. The van der Waals surface area contributed by atoms with Crippen LogP contribution in [0.4, 0.5) is 5.69 Å². The van der Waals surface area contributed by atoms with E-state index in [-0.39, 0.29) is 11.3 Å². The van der Waals surface area contributed by atoms with Crippen molar-refractivity contribution in [3.8, 4) is 0 Å². The summed E-state index contributed by atoms with van der Waals surface area (Å²) in [5.41, 5.74) is 2.57. The van der Waals surface area contributed by atoms with Gasteiger partial charge in [-0.05, 0) is 5.56 Å². The third-order valence-corrected chi connectivity index (χ3v) is 2.32. The molecule has 0 amide bonds. The molecule has 96 valence electrons. The highest BCUT2D eigenvalue weighted by Crippen LogP contribution is 2.16. The van der Waals surface area contributed by atoms with Gasteiger partial charge in [-0.3, -0.25) is 26.0 Å². The van der Waals surface area contributed by atoms with Gasteiger partial charge in [0.05, 0.1) is 16.3 Å². The zero-order chi connectivity index (χ0) is 13.9. The maximum atomic E-state index is 10.8. The summed E-state index contributed by atoms with van der Waals surface area (Å²) < 4.78 is 0. The van der Waals surface area contributed by atoms with Gasteiger partial charge in [0.2, 0.25) is 0 Å². The fraction of sp³-hybridized carbons (Fsp3) is 0.222. The highest BCUT2D eigenvalue weighted by Gasteiger charge is 2.47. The number of hydrogen-bond acceptors (Lipinski definition) is 6. The lowest BCUT2D eigenvalue weighted by molar-refractivity contribution is -0.553. The molecule has 1 aromatic rings. The molecule has 0 bridgehead atoms. The number of nitrogens with two attached hydrogens (primary N) is 1. The van der Waals surface area contributed by atoms with E-state index in [0.717, 1.165) is 12.1 Å². The van der Waals surface area contributed by atoms with Crippen LogP contribution >= 0.6 is 0 Å². The van der Waals surface area contributed by atoms with E-state index in [2.05, 4.69) is 0 Å². The van der Waals surface area contributed by atoms with Crippen molar-refractivity contribution in [2.45, 2.75) is 12.1 Å². The molecule has 0 saturated heterocycles. The summed E-state index contributed by atoms with van der Waals surface area (Å²) in [6.45, 7) is 0. The number of nitro groups is 2. The third kappa shape index (κ3) is 2.58. The van der Waals surface area contributed by atoms with E-state index in [1.807, 2.05) is 0 Å². The third-order valence-electron chi connectivity index (χ3n) is 2.32. The van der Waals surface area contributed by atoms with Gasteiger partial charge < -0.3 is 5.11 Å². The molecule has 9 heteroatoms. The van der Waals surface area contributed by atoms with E-state index in [1.165, 1.54) is 12.1 Å². The van der Waals surface area contributed by atoms with Crippen LogP contribution in [0.2, 0.25) is 0 Å². The molecule has 1 atom stereocenters. The van der Waals surface area contributed by atoms with Crippen molar-refractivity contribution in [1.82, 2.24) is 0 Å². The van der Waals surface area contributed by atoms with Crippen LogP contribution in [-0.4, -0.2) is 26.6 Å². The number of carbonyl (C=O) groups is 1. The summed E-state index contributed by atoms with van der Waals surface area (Å²) in [6.07, 6.45) is -0.562. The Morgan fingerprint density at radius 3 is 2.11 bits per heavy atom. The quantitative estimate of drug-likeness (QED) is 0.431. The Hall–Kier alpha value is -2.55. The summed E-state index contributed by atoms with van der Waals surface area (Å²) in [4.78, 5) is 30.1. The number of rotatable bonds is 5. The second kappa shape index (κ2) is 4.75. The van der Waals surface area contributed by atoms with Gasteiger partial charge in [-0.15, -0.1) is 0 Å². The Morgan fingerprint density at radius 1 is 1.28 bits per heavy atom. The SMILES string of the molecule is NC(Cc1ccc([N+](=O)[O-])cc1)(C(=O)O)[N+](=O)[O-]. The van der Waals surface area contributed by atoms with Crippen molar-refractivity contribution in [1.29, 1.82) is 0 Å². The Morgan fingerprint density at radius 2 is 1.78 bits per heavy atom. The largest absolute Gasteiger partial charge is 0.475 e. The van der Waals surface area contributed by atoms with Gasteiger partial charge in [-0.1, -0.05) is 12.1 Å². The lowest BCUT2D eigenvalue weighted by atomic mass is 10.0. The van der Waals surface area contributed by atoms with Gasteiger partial charge in [0.25, 0.3) is 5.69 Å². The molecule has 0 aliphatic carbocycles. The smallest absolute Gasteiger partial charge is 0.399 e. The van der Waals surface area contributed by atoms with Crippen LogP contribution in [-0.2, 0) is 11.2 Å². The van der Waals surface area contributed by atoms with E-state index in [1.54, 1.807) is 0 Å². The van der Waals surface area contributed by atoms with E-state index in [9.17, 15) is 25.0 Å². The van der Waals surface area contributed by atoms with E-state index >= 15 is 0 Å². The normalized spacial score (nSPS) is 13.6. The maximum absolute atomic E-state index is 10.8. The van der Waals surface area contributed by atoms with Gasteiger partial charge in [0.1, 0.15) is 0 Å². The summed E-state index contributed by atoms with van der Waals surface area (Å²) in [7, 11) is 0. The minimum Gasteiger partial charge on any atom is -0.475 e. The highest BCUT2D eigenvalue weighted by molar-refractivity contribution is 5.76. The van der Waals surface area contributed by atoms with Gasteiger partial charge in [0, 0.05) is 12.1 Å². The standard InChI is InChI=1S/C9H9N3O6/c10-9(8(13)14,12(17)18)5-6-1-3-7(4-2-6)11(15)16/h1-4H,5,10H2,(H,13,14). The molecular weight excluding hydrogens is 246 g/mol. The summed E-state index contributed by atoms with van der Waals surface area (Å²) in [5, 5.41) is 29.8. The molecule has 1 rings (SSSR count). The molecule has 0 saturated carbocycles. The van der Waals surface area contributed by atoms with Crippen LogP contribution in [0.1, 0.15) is 5.56 Å². The zero-order valence-electron chi connectivity index (χ0n) is 8.98. The fourth-order valence-electron chi connectivity index (χ4n) is 1.26. The van der Waals surface area contributed by atoms with Gasteiger partial charge >= 0.3 is 11.6 Å². The van der Waals surface area contributed by atoms with Crippen molar-refractivity contribution in [3.63, 3.8) is 0 Å². The molecule has 0 heterocycles. The summed E-state index contributed by atoms with van der Waals surface area (Å²) >= 11 is 0. The second-order valence-electron chi connectivity index (χ2n) is 3.59. The van der Waals surface area contributed by atoms with Gasteiger partial charge in [-0.2, -0.15) is 0 Å². The van der Waals surface area contributed by atoms with E-state index in [0.29, 0.717) is 0 Å². The first kappa shape index (κ1) is 13.5. The van der Waals surface area contributed by atoms with Crippen LogP contribution < -0.4 is 5.73 Å². The second-order valence-corrected chi connectivity index (χ2v) is 3.59. The molecule has 1 aromatic carbocycles. The van der Waals surface area contributed by atoms with Crippen molar-refractivity contribution >= 4 is 11.7 Å². The van der Waals surface area contributed by atoms with Crippen molar-refractivity contribution in [3.05, 3.63) is 50.1 Å². The van der Waals surface area contributed by atoms with Gasteiger partial charge in [0.15, 0.2) is 0 Å². The molecule has 0 fully saturated rings. The average molecular weight is 255 g/mol. The number of nitro benzene ring substituents is 1. The molecule has 0 aliphatic heterocycles. The molecule has 0 aliphatic rings. The molecular formula is C9H9N3O6. The fourth-order valence-corrected chi connectivity index (χ4v) is 1.26. The Labute approximate surface area is 100 Å². The number of hydrogen-bond donors (Lipinski definition) is 2. The molecule has 18 heavy (non-hydrogen) atoms. The summed E-state index contributed by atoms with van der Waals surface area (Å²) in [6, 6.07) is 4.70. The Kier molecular flexibility index (Phi) is 3.57. The minimum absolute atomic E-state index is 0.196. The summed E-state index contributed by atoms with van der Waals surface area (Å²) in [5.74, 6) is -1.77. The number of nitrogens with zero attached hydrogens (tertiary/aromatic N) is 2. The number of aliphatic carboxylic acids is 1. The topological polar surface area (TPSA) is 150 Å².